The van der Waals surface area contributed by atoms with Crippen molar-refractivity contribution in [3.05, 3.63) is 59.7 Å². The van der Waals surface area contributed by atoms with Crippen LogP contribution in [0.3, 0.4) is 0 Å². The van der Waals surface area contributed by atoms with Crippen LogP contribution in [0.2, 0.25) is 0 Å². The molecule has 15 heteroatoms. The van der Waals surface area contributed by atoms with Crippen molar-refractivity contribution in [2.45, 2.75) is 57.4 Å². The minimum atomic E-state index is -0.974. The number of anilines is 2. The number of nitrogens with zero attached hydrogens (tertiary/aromatic N) is 6. The zero-order chi connectivity index (χ0) is 38.8. The lowest BCUT2D eigenvalue weighted by Gasteiger charge is -2.69. The Morgan fingerprint density at radius 1 is 0.875 bits per heavy atom. The van der Waals surface area contributed by atoms with Crippen LogP contribution in [0.4, 0.5) is 11.5 Å². The fourth-order valence-corrected chi connectivity index (χ4v) is 9.94. The minimum Gasteiger partial charge on any atom is -0.507 e. The Labute approximate surface area is 324 Å². The summed E-state index contributed by atoms with van der Waals surface area (Å²) in [6.45, 7) is 6.45. The van der Waals surface area contributed by atoms with E-state index in [1.807, 2.05) is 12.1 Å². The van der Waals surface area contributed by atoms with Crippen LogP contribution < -0.4 is 20.7 Å². The van der Waals surface area contributed by atoms with E-state index in [0.29, 0.717) is 46.6 Å². The van der Waals surface area contributed by atoms with E-state index < -0.39 is 29.7 Å². The van der Waals surface area contributed by atoms with Crippen LogP contribution in [-0.4, -0.2) is 118 Å². The number of hydrogen-bond donors (Lipinski definition) is 3. The number of para-hydroxylation sites is 1. The monoisotopic (exact) mass is 762 g/mol. The van der Waals surface area contributed by atoms with Crippen LogP contribution in [0.1, 0.15) is 72.1 Å². The van der Waals surface area contributed by atoms with Crippen LogP contribution >= 0.6 is 0 Å². The number of piperidine rings is 2. The Morgan fingerprint density at radius 2 is 1.61 bits per heavy atom. The summed E-state index contributed by atoms with van der Waals surface area (Å²) in [5.41, 5.74) is 8.31. The molecule has 56 heavy (non-hydrogen) atoms. The van der Waals surface area contributed by atoms with E-state index in [2.05, 4.69) is 30.2 Å². The minimum absolute atomic E-state index is 0.0152. The van der Waals surface area contributed by atoms with Crippen molar-refractivity contribution in [1.29, 1.82) is 0 Å². The number of likely N-dealkylation sites (tertiary alicyclic amines) is 1. The van der Waals surface area contributed by atoms with Gasteiger partial charge in [-0.25, -0.2) is 0 Å². The molecule has 5 amide bonds. The highest BCUT2D eigenvalue weighted by atomic mass is 16.5. The predicted molar refractivity (Wildman–Crippen MR) is 203 cm³/mol. The summed E-state index contributed by atoms with van der Waals surface area (Å²) >= 11 is 0. The summed E-state index contributed by atoms with van der Waals surface area (Å²) in [5.74, 6) is -0.368. The van der Waals surface area contributed by atoms with E-state index in [1.54, 1.807) is 36.4 Å². The van der Waals surface area contributed by atoms with E-state index in [0.717, 1.165) is 94.9 Å². The van der Waals surface area contributed by atoms with Gasteiger partial charge in [0, 0.05) is 68.4 Å². The van der Waals surface area contributed by atoms with E-state index in [4.69, 9.17) is 10.5 Å². The number of amides is 5. The number of ether oxygens (including phenoxy) is 1. The topological polar surface area (TPSA) is 192 Å². The largest absolute Gasteiger partial charge is 0.507 e. The number of aromatic nitrogens is 2. The van der Waals surface area contributed by atoms with Crippen molar-refractivity contribution in [3.8, 4) is 22.8 Å². The average molecular weight is 763 g/mol. The van der Waals surface area contributed by atoms with Crippen LogP contribution in [0.5, 0.6) is 11.5 Å². The molecule has 15 nitrogen and oxygen atoms in total. The fourth-order valence-electron chi connectivity index (χ4n) is 9.94. The molecule has 2 bridgehead atoms. The standard InChI is InChI=1S/C41H46N8O7/c42-35-33(20-30(44-45-35)28-3-1-2-4-32(28)50)56-24-40-21-41(22-40,23-40)39(55)48-13-10-25(11-14-48)9-12-46-15-17-47(18-16-46)26-5-6-27-29(19-26)38(54)49(37(27)53)31-7-8-34(51)43-36(31)52/h1-6,19-20,25,31,50H,7-18,21-24H2,(H2,42,45)(H,43,51,52). The van der Waals surface area contributed by atoms with Crippen molar-refractivity contribution < 1.29 is 33.8 Å². The zero-order valence-corrected chi connectivity index (χ0v) is 31.2. The molecule has 5 heterocycles. The molecule has 3 aromatic rings. The van der Waals surface area contributed by atoms with Gasteiger partial charge in [-0.1, -0.05) is 12.1 Å². The number of hydrogen-bond acceptors (Lipinski definition) is 12. The van der Waals surface area contributed by atoms with Gasteiger partial charge in [0.05, 0.1) is 23.1 Å². The molecule has 1 unspecified atom stereocenters. The lowest BCUT2D eigenvalue weighted by molar-refractivity contribution is -0.226. The van der Waals surface area contributed by atoms with Crippen molar-refractivity contribution in [2.75, 3.05) is 63.1 Å². The van der Waals surface area contributed by atoms with Gasteiger partial charge in [0.1, 0.15) is 17.5 Å². The van der Waals surface area contributed by atoms with Gasteiger partial charge in [-0.15, -0.1) is 10.2 Å². The smallest absolute Gasteiger partial charge is 0.262 e. The molecule has 292 valence electrons. The number of benzene rings is 2. The summed E-state index contributed by atoms with van der Waals surface area (Å²) < 4.78 is 6.14. The number of phenols is 1. The summed E-state index contributed by atoms with van der Waals surface area (Å²) in [7, 11) is 0. The number of fused-ring (bicyclic) bond motifs is 1. The molecule has 1 aromatic heterocycles. The lowest BCUT2D eigenvalue weighted by atomic mass is 9.35. The number of aromatic hydroxyl groups is 1. The summed E-state index contributed by atoms with van der Waals surface area (Å²) in [6, 6.07) is 13.0. The summed E-state index contributed by atoms with van der Waals surface area (Å²) in [5, 5.41) is 20.6. The maximum Gasteiger partial charge on any atom is 0.262 e. The van der Waals surface area contributed by atoms with Crippen molar-refractivity contribution in [1.82, 2.24) is 30.2 Å². The Bertz CT molecular complexity index is 2110. The highest BCUT2D eigenvalue weighted by molar-refractivity contribution is 6.23. The number of carbonyl (C=O) groups is 5. The van der Waals surface area contributed by atoms with Crippen LogP contribution in [-0.2, 0) is 14.4 Å². The molecule has 3 saturated carbocycles. The molecule has 2 aromatic carbocycles. The second kappa shape index (κ2) is 13.9. The Balaban J connectivity index is 0.701. The molecule has 6 fully saturated rings. The third-order valence-corrected chi connectivity index (χ3v) is 13.0. The Kier molecular flexibility index (Phi) is 8.94. The highest BCUT2D eigenvalue weighted by Gasteiger charge is 2.72. The van der Waals surface area contributed by atoms with Gasteiger partial charge >= 0.3 is 0 Å². The first-order valence-electron chi connectivity index (χ1n) is 19.7. The maximum atomic E-state index is 13.7. The van der Waals surface area contributed by atoms with Crippen LogP contribution in [0, 0.1) is 16.7 Å². The second-order valence-electron chi connectivity index (χ2n) is 16.6. The quantitative estimate of drug-likeness (QED) is 0.257. The number of phenolic OH excluding ortho intramolecular Hbond substituents is 1. The van der Waals surface area contributed by atoms with Crippen molar-refractivity contribution in [2.24, 2.45) is 16.7 Å². The van der Waals surface area contributed by atoms with E-state index >= 15 is 0 Å². The van der Waals surface area contributed by atoms with Gasteiger partial charge in [0.25, 0.3) is 11.8 Å². The van der Waals surface area contributed by atoms with Crippen LogP contribution in [0.25, 0.3) is 11.3 Å². The zero-order valence-electron chi connectivity index (χ0n) is 31.2. The maximum absolute atomic E-state index is 13.7. The molecule has 3 saturated heterocycles. The van der Waals surface area contributed by atoms with Gasteiger partial charge in [0.15, 0.2) is 11.6 Å². The molecule has 10 rings (SSSR count). The summed E-state index contributed by atoms with van der Waals surface area (Å²) in [6.07, 6.45) is 5.84. The molecule has 1 atom stereocenters. The van der Waals surface area contributed by atoms with Crippen molar-refractivity contribution >= 4 is 41.0 Å². The summed E-state index contributed by atoms with van der Waals surface area (Å²) in [4.78, 5) is 71.9. The van der Waals surface area contributed by atoms with E-state index in [9.17, 15) is 29.1 Å². The van der Waals surface area contributed by atoms with Gasteiger partial charge < -0.3 is 25.4 Å². The van der Waals surface area contributed by atoms with Crippen molar-refractivity contribution in [3.63, 3.8) is 0 Å². The molecular weight excluding hydrogens is 716 g/mol. The molecule has 3 aliphatic carbocycles. The van der Waals surface area contributed by atoms with E-state index in [1.165, 1.54) is 0 Å². The van der Waals surface area contributed by atoms with Gasteiger partial charge in [0.2, 0.25) is 17.7 Å². The van der Waals surface area contributed by atoms with Gasteiger partial charge in [-0.05, 0) is 87.7 Å². The second-order valence-corrected chi connectivity index (χ2v) is 16.6. The number of nitrogen functional groups attached to an aromatic ring is 1. The molecule has 4 N–H and O–H groups in total. The highest BCUT2D eigenvalue weighted by Crippen LogP contribution is 2.74. The first-order chi connectivity index (χ1) is 27.0. The van der Waals surface area contributed by atoms with Gasteiger partial charge in [-0.2, -0.15) is 0 Å². The first kappa shape index (κ1) is 36.1. The Morgan fingerprint density at radius 3 is 2.34 bits per heavy atom. The molecule has 7 aliphatic rings. The fraction of sp³-hybridized carbons (Fsp3) is 0.488. The molecule has 4 aliphatic heterocycles. The normalized spacial score (nSPS) is 26.4. The first-order valence-corrected chi connectivity index (χ1v) is 19.7. The third-order valence-electron chi connectivity index (χ3n) is 13.0. The number of nitrogens with one attached hydrogen (secondary N) is 1. The number of nitrogens with two attached hydrogens (primary N) is 1. The lowest BCUT2D eigenvalue weighted by Crippen LogP contribution is -2.70. The van der Waals surface area contributed by atoms with Crippen LogP contribution in [0.15, 0.2) is 48.5 Å². The van der Waals surface area contributed by atoms with E-state index in [-0.39, 0.29) is 35.2 Å². The molecule has 0 spiro atoms. The Hall–Kier alpha value is -5.57. The molecular formula is C41H46N8O7. The number of piperazine rings is 1. The number of imide groups is 2. The number of rotatable bonds is 10. The molecule has 0 radical (unpaired) electrons. The average Bonchev–Trinajstić information content (AvgIpc) is 3.42. The predicted octanol–water partition coefficient (Wildman–Crippen LogP) is 2.83. The number of carbonyl (C=O) groups excluding carboxylic acids is 5. The SMILES string of the molecule is Nc1nnc(-c2ccccc2O)cc1OCC12CC(C(=O)N3CCC(CCN4CCN(c5ccc6c(c5)C(=O)N(C5CCC(=O)NC5=O)C6=O)CC4)CC3)(C1)C2. The van der Waals surface area contributed by atoms with Gasteiger partial charge in [-0.3, -0.25) is 39.1 Å². The third kappa shape index (κ3) is 6.31.